The number of hydrogen-bond acceptors (Lipinski definition) is 4. The summed E-state index contributed by atoms with van der Waals surface area (Å²) in [5.41, 5.74) is 0. The summed E-state index contributed by atoms with van der Waals surface area (Å²) in [6.45, 7) is 4.61. The highest BCUT2D eigenvalue weighted by Crippen LogP contribution is 2.07. The molecule has 0 heterocycles. The fourth-order valence-electron chi connectivity index (χ4n) is 1.93. The molecule has 126 valence electrons. The van der Waals surface area contributed by atoms with Crippen molar-refractivity contribution in [2.24, 2.45) is 0 Å². The molecule has 0 aliphatic carbocycles. The van der Waals surface area contributed by atoms with E-state index >= 15 is 0 Å². The Morgan fingerprint density at radius 1 is 0.773 bits per heavy atom. The van der Waals surface area contributed by atoms with Crippen LogP contribution in [0, 0.1) is 11.8 Å². The predicted molar refractivity (Wildman–Crippen MR) is 87.2 cm³/mol. The molecule has 0 aromatic carbocycles. The zero-order valence-electron chi connectivity index (χ0n) is 14.1. The molecule has 0 atom stereocenters. The summed E-state index contributed by atoms with van der Waals surface area (Å²) in [5.74, 6) is 5.56. The third kappa shape index (κ3) is 14.9. The van der Waals surface area contributed by atoms with Crippen molar-refractivity contribution in [1.82, 2.24) is 0 Å². The van der Waals surface area contributed by atoms with Crippen LogP contribution in [0.2, 0.25) is 0 Å². The van der Waals surface area contributed by atoms with Gasteiger partial charge in [-0.05, 0) is 19.8 Å². The first-order valence-electron chi connectivity index (χ1n) is 8.47. The second-order valence-corrected chi connectivity index (χ2v) is 5.10. The van der Waals surface area contributed by atoms with E-state index < -0.39 is 0 Å². The maximum Gasteiger partial charge on any atom is 0.306 e. The SMILES string of the molecule is CCC#CCCCCCCCCOC(=O)CCC(=O)OCC. The second kappa shape index (κ2) is 15.9. The molecular formula is C18H30O4. The lowest BCUT2D eigenvalue weighted by molar-refractivity contribution is -0.150. The Labute approximate surface area is 134 Å². The summed E-state index contributed by atoms with van der Waals surface area (Å²) in [5, 5.41) is 0. The second-order valence-electron chi connectivity index (χ2n) is 5.10. The highest BCUT2D eigenvalue weighted by Gasteiger charge is 2.08. The van der Waals surface area contributed by atoms with Gasteiger partial charge in [-0.3, -0.25) is 9.59 Å². The summed E-state index contributed by atoms with van der Waals surface area (Å²) in [6, 6.07) is 0. The summed E-state index contributed by atoms with van der Waals surface area (Å²) in [6.07, 6.45) is 8.90. The summed E-state index contributed by atoms with van der Waals surface area (Å²) in [4.78, 5) is 22.4. The van der Waals surface area contributed by atoms with Crippen molar-refractivity contribution in [3.63, 3.8) is 0 Å². The van der Waals surface area contributed by atoms with Crippen LogP contribution in [0.3, 0.4) is 0 Å². The molecule has 0 radical (unpaired) electrons. The molecule has 0 aliphatic heterocycles. The summed E-state index contributed by atoms with van der Waals surface area (Å²) >= 11 is 0. The molecule has 0 aliphatic rings. The Morgan fingerprint density at radius 2 is 1.36 bits per heavy atom. The summed E-state index contributed by atoms with van der Waals surface area (Å²) < 4.78 is 9.83. The van der Waals surface area contributed by atoms with Crippen LogP contribution in [0.4, 0.5) is 0 Å². The fourth-order valence-corrected chi connectivity index (χ4v) is 1.93. The van der Waals surface area contributed by atoms with E-state index in [0.717, 1.165) is 25.7 Å². The predicted octanol–water partition coefficient (Wildman–Crippen LogP) is 4.02. The zero-order chi connectivity index (χ0) is 16.5. The van der Waals surface area contributed by atoms with E-state index in [1.807, 2.05) is 0 Å². The molecule has 0 saturated heterocycles. The lowest BCUT2D eigenvalue weighted by Gasteiger charge is -2.05. The lowest BCUT2D eigenvalue weighted by atomic mass is 10.1. The molecule has 0 rings (SSSR count). The van der Waals surface area contributed by atoms with E-state index in [2.05, 4.69) is 18.8 Å². The van der Waals surface area contributed by atoms with Crippen molar-refractivity contribution in [1.29, 1.82) is 0 Å². The van der Waals surface area contributed by atoms with Crippen molar-refractivity contribution in [2.45, 2.75) is 78.1 Å². The van der Waals surface area contributed by atoms with E-state index in [-0.39, 0.29) is 24.8 Å². The van der Waals surface area contributed by atoms with E-state index in [9.17, 15) is 9.59 Å². The largest absolute Gasteiger partial charge is 0.466 e. The molecule has 0 bridgehead atoms. The molecule has 0 unspecified atom stereocenters. The Kier molecular flexibility index (Phi) is 14.8. The standard InChI is InChI=1S/C18H30O4/c1-3-5-6-7-8-9-10-11-12-13-16-22-18(20)15-14-17(19)21-4-2/h3-4,7-16H2,1-2H3. The smallest absolute Gasteiger partial charge is 0.306 e. The number of carbonyl (C=O) groups excluding carboxylic acids is 2. The Morgan fingerprint density at radius 3 is 2.00 bits per heavy atom. The molecule has 4 nitrogen and oxygen atoms in total. The van der Waals surface area contributed by atoms with E-state index in [1.165, 1.54) is 25.7 Å². The van der Waals surface area contributed by atoms with E-state index in [1.54, 1.807) is 6.92 Å². The molecular weight excluding hydrogens is 280 g/mol. The van der Waals surface area contributed by atoms with Crippen LogP contribution in [0.1, 0.15) is 78.1 Å². The Balaban J connectivity index is 3.28. The Hall–Kier alpha value is -1.50. The van der Waals surface area contributed by atoms with Crippen LogP contribution in [0.5, 0.6) is 0 Å². The van der Waals surface area contributed by atoms with Gasteiger partial charge in [0.25, 0.3) is 0 Å². The molecule has 0 spiro atoms. The van der Waals surface area contributed by atoms with Gasteiger partial charge in [-0.25, -0.2) is 0 Å². The number of unbranched alkanes of at least 4 members (excludes halogenated alkanes) is 6. The van der Waals surface area contributed by atoms with Gasteiger partial charge in [0.15, 0.2) is 0 Å². The Bertz CT molecular complexity index is 352. The van der Waals surface area contributed by atoms with Gasteiger partial charge in [0, 0.05) is 12.8 Å². The van der Waals surface area contributed by atoms with E-state index in [4.69, 9.17) is 9.47 Å². The molecule has 0 N–H and O–H groups in total. The third-order valence-corrected chi connectivity index (χ3v) is 3.10. The van der Waals surface area contributed by atoms with Crippen molar-refractivity contribution < 1.29 is 19.1 Å². The quantitative estimate of drug-likeness (QED) is 0.310. The van der Waals surface area contributed by atoms with Gasteiger partial charge >= 0.3 is 11.9 Å². The first-order chi connectivity index (χ1) is 10.7. The van der Waals surface area contributed by atoms with Gasteiger partial charge in [-0.2, -0.15) is 0 Å². The number of ether oxygens (including phenoxy) is 2. The lowest BCUT2D eigenvalue weighted by Crippen LogP contribution is -2.10. The molecule has 0 amide bonds. The number of rotatable bonds is 12. The van der Waals surface area contributed by atoms with Gasteiger partial charge in [-0.15, -0.1) is 11.8 Å². The molecule has 0 saturated carbocycles. The van der Waals surface area contributed by atoms with Gasteiger partial charge in [0.05, 0.1) is 26.1 Å². The molecule has 22 heavy (non-hydrogen) atoms. The zero-order valence-corrected chi connectivity index (χ0v) is 14.1. The maximum absolute atomic E-state index is 11.4. The van der Waals surface area contributed by atoms with Crippen LogP contribution < -0.4 is 0 Å². The highest BCUT2D eigenvalue weighted by atomic mass is 16.5. The van der Waals surface area contributed by atoms with Crippen LogP contribution >= 0.6 is 0 Å². The average molecular weight is 310 g/mol. The minimum atomic E-state index is -0.344. The number of esters is 2. The third-order valence-electron chi connectivity index (χ3n) is 3.10. The van der Waals surface area contributed by atoms with Crippen molar-refractivity contribution in [2.75, 3.05) is 13.2 Å². The van der Waals surface area contributed by atoms with E-state index in [0.29, 0.717) is 13.2 Å². The first kappa shape index (κ1) is 20.5. The van der Waals surface area contributed by atoms with Gasteiger partial charge in [0.2, 0.25) is 0 Å². The van der Waals surface area contributed by atoms with Gasteiger partial charge < -0.3 is 9.47 Å². The molecule has 4 heteroatoms. The molecule has 0 fully saturated rings. The summed E-state index contributed by atoms with van der Waals surface area (Å²) in [7, 11) is 0. The maximum atomic E-state index is 11.4. The number of hydrogen-bond donors (Lipinski definition) is 0. The van der Waals surface area contributed by atoms with Crippen molar-refractivity contribution in [3.05, 3.63) is 0 Å². The fraction of sp³-hybridized carbons (Fsp3) is 0.778. The van der Waals surface area contributed by atoms with Gasteiger partial charge in [-0.1, -0.05) is 32.6 Å². The van der Waals surface area contributed by atoms with Gasteiger partial charge in [0.1, 0.15) is 0 Å². The van der Waals surface area contributed by atoms with Crippen molar-refractivity contribution >= 4 is 11.9 Å². The molecule has 0 aromatic heterocycles. The van der Waals surface area contributed by atoms with Crippen LogP contribution in [-0.2, 0) is 19.1 Å². The molecule has 0 aromatic rings. The normalized spacial score (nSPS) is 9.73. The van der Waals surface area contributed by atoms with Crippen LogP contribution in [0.15, 0.2) is 0 Å². The van der Waals surface area contributed by atoms with Crippen molar-refractivity contribution in [3.8, 4) is 11.8 Å². The average Bonchev–Trinajstić information content (AvgIpc) is 2.51. The highest BCUT2D eigenvalue weighted by molar-refractivity contribution is 5.77. The number of carbonyl (C=O) groups is 2. The first-order valence-corrected chi connectivity index (χ1v) is 8.47. The topological polar surface area (TPSA) is 52.6 Å². The van der Waals surface area contributed by atoms with Crippen LogP contribution in [0.25, 0.3) is 0 Å². The van der Waals surface area contributed by atoms with Crippen LogP contribution in [-0.4, -0.2) is 25.2 Å². The minimum Gasteiger partial charge on any atom is -0.466 e. The minimum absolute atomic E-state index is 0.105. The monoisotopic (exact) mass is 310 g/mol.